The van der Waals surface area contributed by atoms with Crippen LogP contribution in [0.25, 0.3) is 0 Å². The second kappa shape index (κ2) is 8.65. The molecule has 0 aliphatic carbocycles. The highest BCUT2D eigenvalue weighted by Gasteiger charge is 2.32. The maximum atomic E-state index is 12.9. The monoisotopic (exact) mass is 410 g/mol. The lowest BCUT2D eigenvalue weighted by Gasteiger charge is -2.37. The smallest absolute Gasteiger partial charge is 0.263 e. The van der Waals surface area contributed by atoms with Crippen LogP contribution in [0, 0.1) is 0 Å². The lowest BCUT2D eigenvalue weighted by molar-refractivity contribution is -0.141. The predicted molar refractivity (Wildman–Crippen MR) is 111 cm³/mol. The molecule has 0 spiro atoms. The van der Waals surface area contributed by atoms with E-state index in [-0.39, 0.29) is 11.8 Å². The van der Waals surface area contributed by atoms with Gasteiger partial charge in [-0.05, 0) is 42.7 Å². The third-order valence-electron chi connectivity index (χ3n) is 5.70. The number of rotatable bonds is 4. The number of aryl methyl sites for hydroxylation is 1. The molecule has 2 aliphatic heterocycles. The van der Waals surface area contributed by atoms with Crippen molar-refractivity contribution in [2.24, 2.45) is 0 Å². The molecule has 1 saturated heterocycles. The van der Waals surface area contributed by atoms with E-state index in [0.717, 1.165) is 17.7 Å². The van der Waals surface area contributed by atoms with Crippen molar-refractivity contribution in [2.45, 2.75) is 18.9 Å². The van der Waals surface area contributed by atoms with Gasteiger partial charge in [0.2, 0.25) is 0 Å². The predicted octanol–water partition coefficient (Wildman–Crippen LogP) is 2.38. The van der Waals surface area contributed by atoms with Gasteiger partial charge in [-0.3, -0.25) is 9.59 Å². The van der Waals surface area contributed by atoms with E-state index in [2.05, 4.69) is 0 Å². The first-order valence-electron chi connectivity index (χ1n) is 10.2. The summed E-state index contributed by atoms with van der Waals surface area (Å²) >= 11 is 0. The second-order valence-electron chi connectivity index (χ2n) is 7.44. The van der Waals surface area contributed by atoms with Gasteiger partial charge in [-0.1, -0.05) is 18.2 Å². The fourth-order valence-electron chi connectivity index (χ4n) is 3.98. The molecular formula is C23H26N2O5. The van der Waals surface area contributed by atoms with Crippen LogP contribution in [0.15, 0.2) is 42.5 Å². The fraction of sp³-hybridized carbons (Fsp3) is 0.391. The Morgan fingerprint density at radius 2 is 1.63 bits per heavy atom. The summed E-state index contributed by atoms with van der Waals surface area (Å²) in [5, 5.41) is 0. The van der Waals surface area contributed by atoms with E-state index in [1.807, 2.05) is 24.3 Å². The van der Waals surface area contributed by atoms with Crippen molar-refractivity contribution < 1.29 is 23.8 Å². The largest absolute Gasteiger partial charge is 0.493 e. The summed E-state index contributed by atoms with van der Waals surface area (Å²) in [4.78, 5) is 29.4. The highest BCUT2D eigenvalue weighted by atomic mass is 16.5. The van der Waals surface area contributed by atoms with E-state index in [1.54, 1.807) is 42.2 Å². The molecule has 30 heavy (non-hydrogen) atoms. The van der Waals surface area contributed by atoms with Crippen LogP contribution in [0.3, 0.4) is 0 Å². The molecule has 7 nitrogen and oxygen atoms in total. The first-order chi connectivity index (χ1) is 14.6. The van der Waals surface area contributed by atoms with E-state index in [4.69, 9.17) is 14.2 Å². The summed E-state index contributed by atoms with van der Waals surface area (Å²) in [7, 11) is 3.10. The Labute approximate surface area is 176 Å². The minimum Gasteiger partial charge on any atom is -0.493 e. The van der Waals surface area contributed by atoms with Gasteiger partial charge in [-0.2, -0.15) is 0 Å². The highest BCUT2D eigenvalue weighted by Crippen LogP contribution is 2.29. The van der Waals surface area contributed by atoms with Crippen LogP contribution in [-0.4, -0.2) is 68.1 Å². The number of methoxy groups -OCH3 is 2. The molecule has 1 atom stereocenters. The molecule has 2 aromatic rings. The molecule has 2 aromatic carbocycles. The van der Waals surface area contributed by atoms with Gasteiger partial charge >= 0.3 is 0 Å². The number of amides is 2. The van der Waals surface area contributed by atoms with Crippen LogP contribution >= 0.6 is 0 Å². The summed E-state index contributed by atoms with van der Waals surface area (Å²) in [6, 6.07) is 13.0. The summed E-state index contributed by atoms with van der Waals surface area (Å²) in [6.07, 6.45) is 1.07. The van der Waals surface area contributed by atoms with E-state index >= 15 is 0 Å². The van der Waals surface area contributed by atoms with Gasteiger partial charge in [0.25, 0.3) is 11.8 Å². The van der Waals surface area contributed by atoms with Crippen molar-refractivity contribution >= 4 is 11.8 Å². The topological polar surface area (TPSA) is 68.3 Å². The highest BCUT2D eigenvalue weighted by molar-refractivity contribution is 5.95. The zero-order chi connectivity index (χ0) is 21.1. The molecule has 0 saturated carbocycles. The molecule has 0 radical (unpaired) electrons. The number of nitrogens with zero attached hydrogens (tertiary/aromatic N) is 2. The van der Waals surface area contributed by atoms with Crippen LogP contribution in [0.5, 0.6) is 17.2 Å². The average molecular weight is 410 g/mol. The molecule has 2 amide bonds. The quantitative estimate of drug-likeness (QED) is 0.774. The molecular weight excluding hydrogens is 384 g/mol. The van der Waals surface area contributed by atoms with E-state index in [9.17, 15) is 9.59 Å². The first-order valence-corrected chi connectivity index (χ1v) is 10.2. The first kappa shape index (κ1) is 20.1. The minimum absolute atomic E-state index is 0.00252. The Morgan fingerprint density at radius 1 is 0.933 bits per heavy atom. The number of piperazine rings is 1. The third-order valence-corrected chi connectivity index (χ3v) is 5.70. The standard InChI is InChI=1S/C23H26N2O5/c1-28-19-9-8-17(15-21(19)29-2)22(26)24-11-13-25(14-12-24)23(27)20-10-7-16-5-3-4-6-18(16)30-20/h3-6,8-9,15,20H,7,10-14H2,1-2H3. The molecule has 2 aliphatic rings. The summed E-state index contributed by atoms with van der Waals surface area (Å²) < 4.78 is 16.5. The SMILES string of the molecule is COc1ccc(C(=O)N2CCN(C(=O)C3CCc4ccccc4O3)CC2)cc1OC. The number of benzene rings is 2. The Bertz CT molecular complexity index is 937. The van der Waals surface area contributed by atoms with E-state index < -0.39 is 6.10 Å². The molecule has 7 heteroatoms. The molecule has 1 fully saturated rings. The molecule has 0 bridgehead atoms. The number of hydrogen-bond acceptors (Lipinski definition) is 5. The van der Waals surface area contributed by atoms with Gasteiger partial charge in [0.1, 0.15) is 5.75 Å². The van der Waals surface area contributed by atoms with Crippen molar-refractivity contribution in [1.82, 2.24) is 9.80 Å². The van der Waals surface area contributed by atoms with Gasteiger partial charge < -0.3 is 24.0 Å². The summed E-state index contributed by atoms with van der Waals surface area (Å²) in [5.74, 6) is 1.82. The maximum absolute atomic E-state index is 12.9. The molecule has 0 N–H and O–H groups in total. The number of ether oxygens (including phenoxy) is 3. The lowest BCUT2D eigenvalue weighted by Crippen LogP contribution is -2.54. The molecule has 2 heterocycles. The normalized spacial score (nSPS) is 18.3. The Balaban J connectivity index is 1.36. The number of carbonyl (C=O) groups excluding carboxylic acids is 2. The maximum Gasteiger partial charge on any atom is 0.263 e. The molecule has 1 unspecified atom stereocenters. The zero-order valence-electron chi connectivity index (χ0n) is 17.3. The van der Waals surface area contributed by atoms with Crippen LogP contribution in [-0.2, 0) is 11.2 Å². The number of fused-ring (bicyclic) bond motifs is 1. The minimum atomic E-state index is -0.451. The molecule has 0 aromatic heterocycles. The Kier molecular flexibility index (Phi) is 5.79. The molecule has 158 valence electrons. The number of hydrogen-bond donors (Lipinski definition) is 0. The number of carbonyl (C=O) groups is 2. The third kappa shape index (κ3) is 3.92. The van der Waals surface area contributed by atoms with Crippen molar-refractivity contribution in [3.8, 4) is 17.2 Å². The van der Waals surface area contributed by atoms with Crippen molar-refractivity contribution in [3.63, 3.8) is 0 Å². The summed E-state index contributed by atoms with van der Waals surface area (Å²) in [6.45, 7) is 1.98. The van der Waals surface area contributed by atoms with Crippen molar-refractivity contribution in [3.05, 3.63) is 53.6 Å². The van der Waals surface area contributed by atoms with Crippen LogP contribution in [0.4, 0.5) is 0 Å². The van der Waals surface area contributed by atoms with Crippen molar-refractivity contribution in [2.75, 3.05) is 40.4 Å². The van der Waals surface area contributed by atoms with Crippen LogP contribution in [0.1, 0.15) is 22.3 Å². The number of para-hydroxylation sites is 1. The molecule has 4 rings (SSSR count). The van der Waals surface area contributed by atoms with Gasteiger partial charge in [0.15, 0.2) is 17.6 Å². The van der Waals surface area contributed by atoms with Gasteiger partial charge in [-0.25, -0.2) is 0 Å². The summed E-state index contributed by atoms with van der Waals surface area (Å²) in [5.41, 5.74) is 1.69. The van der Waals surface area contributed by atoms with Crippen LogP contribution in [0.2, 0.25) is 0 Å². The van der Waals surface area contributed by atoms with Gasteiger partial charge in [0.05, 0.1) is 14.2 Å². The van der Waals surface area contributed by atoms with Crippen molar-refractivity contribution in [1.29, 1.82) is 0 Å². The van der Waals surface area contributed by atoms with Crippen LogP contribution < -0.4 is 14.2 Å². The zero-order valence-corrected chi connectivity index (χ0v) is 17.3. The Hall–Kier alpha value is -3.22. The Morgan fingerprint density at radius 3 is 2.37 bits per heavy atom. The lowest BCUT2D eigenvalue weighted by atomic mass is 10.0. The van der Waals surface area contributed by atoms with E-state index in [0.29, 0.717) is 49.7 Å². The second-order valence-corrected chi connectivity index (χ2v) is 7.44. The van der Waals surface area contributed by atoms with Gasteiger partial charge in [0, 0.05) is 31.7 Å². The van der Waals surface area contributed by atoms with E-state index in [1.165, 1.54) is 0 Å². The average Bonchev–Trinajstić information content (AvgIpc) is 2.82. The fourth-order valence-corrected chi connectivity index (χ4v) is 3.98. The van der Waals surface area contributed by atoms with Gasteiger partial charge in [-0.15, -0.1) is 0 Å².